The number of amides is 4. The van der Waals surface area contributed by atoms with Gasteiger partial charge in [0.25, 0.3) is 11.8 Å². The maximum Gasteiger partial charge on any atom is 0.262 e. The van der Waals surface area contributed by atoms with Crippen molar-refractivity contribution in [3.05, 3.63) is 82.4 Å². The number of anilines is 3. The summed E-state index contributed by atoms with van der Waals surface area (Å²) in [7, 11) is 1.52. The standard InChI is InChI=1S/C29H22ClFN6O5/c1-42-24-11-21-18(26(34-13-33-21)35-15-3-5-20(31)19(30)9-15)10-22(24)32-12-14-2-4-16-17(8-14)29(41)37(28(16)40)23-6-7-25(38)36-27(23)39/h2-5,8-11,13,23,32H,6-7,12H2,1H3,(H,33,34,35)(H,36,38,39). The lowest BCUT2D eigenvalue weighted by atomic mass is 10.0. The minimum absolute atomic E-state index is 0.0304. The molecular formula is C29H22ClFN6O5. The Kier molecular flexibility index (Phi) is 6.91. The van der Waals surface area contributed by atoms with Crippen LogP contribution in [0.2, 0.25) is 5.02 Å². The van der Waals surface area contributed by atoms with Crippen LogP contribution in [0.25, 0.3) is 10.9 Å². The van der Waals surface area contributed by atoms with Crippen molar-refractivity contribution in [3.8, 4) is 5.75 Å². The van der Waals surface area contributed by atoms with Crippen molar-refractivity contribution >= 4 is 63.3 Å². The Morgan fingerprint density at radius 2 is 1.86 bits per heavy atom. The smallest absolute Gasteiger partial charge is 0.262 e. The Morgan fingerprint density at radius 1 is 1.05 bits per heavy atom. The van der Waals surface area contributed by atoms with Crippen molar-refractivity contribution < 1.29 is 28.3 Å². The molecule has 0 bridgehead atoms. The van der Waals surface area contributed by atoms with Crippen LogP contribution in [-0.4, -0.2) is 51.6 Å². The van der Waals surface area contributed by atoms with E-state index in [1.54, 1.807) is 36.4 Å². The van der Waals surface area contributed by atoms with Crippen molar-refractivity contribution in [1.29, 1.82) is 0 Å². The first-order chi connectivity index (χ1) is 20.2. The predicted octanol–water partition coefficient (Wildman–Crippen LogP) is 4.19. The van der Waals surface area contributed by atoms with Gasteiger partial charge in [0.1, 0.15) is 29.8 Å². The zero-order chi connectivity index (χ0) is 29.5. The summed E-state index contributed by atoms with van der Waals surface area (Å²) in [5.41, 5.74) is 2.82. The molecule has 0 radical (unpaired) electrons. The number of carbonyl (C=O) groups excluding carboxylic acids is 4. The van der Waals surface area contributed by atoms with Crippen molar-refractivity contribution in [2.75, 3.05) is 17.7 Å². The maximum atomic E-state index is 13.6. The van der Waals surface area contributed by atoms with Gasteiger partial charge in [0, 0.05) is 30.1 Å². The molecule has 42 heavy (non-hydrogen) atoms. The van der Waals surface area contributed by atoms with Gasteiger partial charge in [0.2, 0.25) is 11.8 Å². The molecule has 1 fully saturated rings. The van der Waals surface area contributed by atoms with Crippen LogP contribution >= 0.6 is 11.6 Å². The van der Waals surface area contributed by atoms with Gasteiger partial charge in [-0.15, -0.1) is 0 Å². The van der Waals surface area contributed by atoms with E-state index in [0.29, 0.717) is 39.4 Å². The van der Waals surface area contributed by atoms with E-state index in [4.69, 9.17) is 16.3 Å². The molecule has 0 saturated carbocycles. The molecule has 0 spiro atoms. The van der Waals surface area contributed by atoms with Crippen LogP contribution in [0.15, 0.2) is 54.9 Å². The molecule has 0 aliphatic carbocycles. The highest BCUT2D eigenvalue weighted by atomic mass is 35.5. The number of imide groups is 2. The topological polar surface area (TPSA) is 143 Å². The third kappa shape index (κ3) is 4.85. The Bertz CT molecular complexity index is 1820. The number of fused-ring (bicyclic) bond motifs is 2. The first-order valence-corrected chi connectivity index (χ1v) is 13.2. The van der Waals surface area contributed by atoms with Crippen molar-refractivity contribution in [3.63, 3.8) is 0 Å². The van der Waals surface area contributed by atoms with Crippen LogP contribution in [0.3, 0.4) is 0 Å². The molecule has 1 unspecified atom stereocenters. The second-order valence-corrected chi connectivity index (χ2v) is 10.1. The van der Waals surface area contributed by atoms with E-state index in [9.17, 15) is 23.6 Å². The molecular weight excluding hydrogens is 567 g/mol. The van der Waals surface area contributed by atoms with Gasteiger partial charge < -0.3 is 15.4 Å². The quantitative estimate of drug-likeness (QED) is 0.271. The largest absolute Gasteiger partial charge is 0.495 e. The number of methoxy groups -OCH3 is 1. The Balaban J connectivity index is 1.25. The second-order valence-electron chi connectivity index (χ2n) is 9.73. The summed E-state index contributed by atoms with van der Waals surface area (Å²) in [6.45, 7) is 0.263. The first-order valence-electron chi connectivity index (χ1n) is 12.9. The molecule has 6 rings (SSSR count). The molecule has 3 N–H and O–H groups in total. The fraction of sp³-hybridized carbons (Fsp3) is 0.172. The van der Waals surface area contributed by atoms with Crippen LogP contribution < -0.4 is 20.7 Å². The van der Waals surface area contributed by atoms with Gasteiger partial charge in [0.05, 0.1) is 34.5 Å². The molecule has 1 aromatic heterocycles. The fourth-order valence-electron chi connectivity index (χ4n) is 5.03. The summed E-state index contributed by atoms with van der Waals surface area (Å²) >= 11 is 5.93. The molecule has 11 nitrogen and oxygen atoms in total. The van der Waals surface area contributed by atoms with E-state index in [0.717, 1.165) is 4.90 Å². The maximum absolute atomic E-state index is 13.6. The summed E-state index contributed by atoms with van der Waals surface area (Å²) in [5, 5.41) is 9.24. The van der Waals surface area contributed by atoms with Gasteiger partial charge >= 0.3 is 0 Å². The average molecular weight is 589 g/mol. The average Bonchev–Trinajstić information content (AvgIpc) is 3.22. The minimum atomic E-state index is -1.03. The molecule has 2 aliphatic heterocycles. The molecule has 212 valence electrons. The lowest BCUT2D eigenvalue weighted by molar-refractivity contribution is -0.136. The molecule has 1 atom stereocenters. The number of carbonyl (C=O) groups is 4. The number of piperidine rings is 1. The molecule has 1 saturated heterocycles. The van der Waals surface area contributed by atoms with Crippen molar-refractivity contribution in [2.24, 2.45) is 0 Å². The zero-order valence-corrected chi connectivity index (χ0v) is 22.8. The number of hydrogen-bond donors (Lipinski definition) is 3. The van der Waals surface area contributed by atoms with Gasteiger partial charge in [-0.2, -0.15) is 0 Å². The van der Waals surface area contributed by atoms with E-state index in [2.05, 4.69) is 25.9 Å². The summed E-state index contributed by atoms with van der Waals surface area (Å²) < 4.78 is 19.2. The van der Waals surface area contributed by atoms with Crippen molar-refractivity contribution in [2.45, 2.75) is 25.4 Å². The number of ether oxygens (including phenoxy) is 1. The Hall–Kier alpha value is -5.10. The number of nitrogens with one attached hydrogen (secondary N) is 3. The molecule has 3 heterocycles. The summed E-state index contributed by atoms with van der Waals surface area (Å²) in [4.78, 5) is 59.6. The van der Waals surface area contributed by atoms with Gasteiger partial charge in [-0.05, 0) is 48.4 Å². The van der Waals surface area contributed by atoms with Gasteiger partial charge in [-0.1, -0.05) is 17.7 Å². The highest BCUT2D eigenvalue weighted by molar-refractivity contribution is 6.31. The lowest BCUT2D eigenvalue weighted by Gasteiger charge is -2.27. The Labute approximate surface area is 243 Å². The van der Waals surface area contributed by atoms with Crippen molar-refractivity contribution in [1.82, 2.24) is 20.2 Å². The summed E-state index contributed by atoms with van der Waals surface area (Å²) in [5.74, 6) is -1.80. The van der Waals surface area contributed by atoms with E-state index in [1.165, 1.54) is 25.6 Å². The number of rotatable bonds is 7. The van der Waals surface area contributed by atoms with E-state index >= 15 is 0 Å². The molecule has 3 aromatic carbocycles. The SMILES string of the molecule is COc1cc2ncnc(Nc3ccc(F)c(Cl)c3)c2cc1NCc1ccc2c(c1)C(=O)N(C1CCC(=O)NC1=O)C2=O. The minimum Gasteiger partial charge on any atom is -0.495 e. The highest BCUT2D eigenvalue weighted by Gasteiger charge is 2.44. The number of nitrogens with zero attached hydrogens (tertiary/aromatic N) is 3. The number of hydrogen-bond acceptors (Lipinski definition) is 9. The van der Waals surface area contributed by atoms with E-state index < -0.39 is 35.5 Å². The molecule has 2 aliphatic rings. The first kappa shape index (κ1) is 27.1. The third-order valence-corrected chi connectivity index (χ3v) is 7.42. The van der Waals surface area contributed by atoms with E-state index in [1.807, 2.05) is 0 Å². The normalized spacial score (nSPS) is 16.5. The predicted molar refractivity (Wildman–Crippen MR) is 151 cm³/mol. The third-order valence-electron chi connectivity index (χ3n) is 7.13. The van der Waals surface area contributed by atoms with E-state index in [-0.39, 0.29) is 35.5 Å². The van der Waals surface area contributed by atoms with Gasteiger partial charge in [-0.3, -0.25) is 29.4 Å². The van der Waals surface area contributed by atoms with Gasteiger partial charge in [0.15, 0.2) is 0 Å². The van der Waals surface area contributed by atoms with Gasteiger partial charge in [-0.25, -0.2) is 14.4 Å². The fourth-order valence-corrected chi connectivity index (χ4v) is 5.21. The molecule has 13 heteroatoms. The number of benzene rings is 3. The van der Waals surface area contributed by atoms with Crippen LogP contribution in [0.4, 0.5) is 21.6 Å². The van der Waals surface area contributed by atoms with Crippen LogP contribution in [0.5, 0.6) is 5.75 Å². The number of halogens is 2. The van der Waals surface area contributed by atoms with Crippen LogP contribution in [-0.2, 0) is 16.1 Å². The Morgan fingerprint density at radius 3 is 2.62 bits per heavy atom. The summed E-state index contributed by atoms with van der Waals surface area (Å²) in [6, 6.07) is 11.6. The van der Waals surface area contributed by atoms with Crippen LogP contribution in [0, 0.1) is 5.82 Å². The second kappa shape index (κ2) is 10.7. The number of aromatic nitrogens is 2. The van der Waals surface area contributed by atoms with Crippen LogP contribution in [0.1, 0.15) is 39.1 Å². The molecule has 4 amide bonds. The zero-order valence-electron chi connectivity index (χ0n) is 22.0. The molecule has 4 aromatic rings. The lowest BCUT2D eigenvalue weighted by Crippen LogP contribution is -2.54. The summed E-state index contributed by atoms with van der Waals surface area (Å²) in [6.07, 6.45) is 1.52. The highest BCUT2D eigenvalue weighted by Crippen LogP contribution is 2.34. The monoisotopic (exact) mass is 588 g/mol.